The number of aryl methyl sites for hydroxylation is 3. The molecule has 1 aromatic heterocycles. The van der Waals surface area contributed by atoms with Crippen LogP contribution in [-0.4, -0.2) is 14.3 Å². The summed E-state index contributed by atoms with van der Waals surface area (Å²) in [5, 5.41) is 0. The topological polar surface area (TPSA) is 75.3 Å². The third-order valence-corrected chi connectivity index (χ3v) is 6.84. The fraction of sp³-hybridized carbons (Fsp3) is 0.353. The van der Waals surface area contributed by atoms with Gasteiger partial charge in [-0.2, -0.15) is 0 Å². The summed E-state index contributed by atoms with van der Waals surface area (Å²) in [6, 6.07) is 5.22. The van der Waals surface area contributed by atoms with Gasteiger partial charge < -0.3 is 0 Å². The Morgan fingerprint density at radius 2 is 1.92 bits per heavy atom. The maximum Gasteiger partial charge on any atom is 0.276 e. The Balaban J connectivity index is 1.71. The molecule has 3 rings (SSSR count). The number of nitrogens with one attached hydrogen (secondary N) is 2. The van der Waals surface area contributed by atoms with E-state index in [9.17, 15) is 17.6 Å². The van der Waals surface area contributed by atoms with E-state index in [1.54, 1.807) is 0 Å². The van der Waals surface area contributed by atoms with Gasteiger partial charge in [-0.25, -0.2) is 12.8 Å². The van der Waals surface area contributed by atoms with Gasteiger partial charge in [0, 0.05) is 4.88 Å². The highest BCUT2D eigenvalue weighted by Gasteiger charge is 2.20. The summed E-state index contributed by atoms with van der Waals surface area (Å²) >= 11 is 1.41. The van der Waals surface area contributed by atoms with Crippen LogP contribution in [0.15, 0.2) is 29.2 Å². The van der Waals surface area contributed by atoms with Crippen molar-refractivity contribution in [2.45, 2.75) is 43.9 Å². The van der Waals surface area contributed by atoms with Crippen molar-refractivity contribution in [2.75, 3.05) is 0 Å². The average molecular weight is 382 g/mol. The smallest absolute Gasteiger partial charge is 0.273 e. The van der Waals surface area contributed by atoms with Gasteiger partial charge in [0.1, 0.15) is 5.82 Å². The normalized spacial score (nSPS) is 14.6. The molecule has 2 aromatic rings. The Bertz CT molecular complexity index is 883. The largest absolute Gasteiger partial charge is 0.276 e. The molecule has 0 fully saturated rings. The van der Waals surface area contributed by atoms with Crippen molar-refractivity contribution in [3.63, 3.8) is 0 Å². The first-order chi connectivity index (χ1) is 11.9. The second kappa shape index (κ2) is 7.23. The molecule has 2 N–H and O–H groups in total. The lowest BCUT2D eigenvalue weighted by Gasteiger charge is -2.10. The SMILES string of the molecule is Cc1cc(F)ccc1S(=O)(=O)NNC(=O)c1cc2c(s1)CCCCC2. The van der Waals surface area contributed by atoms with Crippen molar-refractivity contribution in [3.05, 3.63) is 51.0 Å². The molecule has 1 amide bonds. The molecule has 5 nitrogen and oxygen atoms in total. The Labute approximate surface area is 150 Å². The van der Waals surface area contributed by atoms with Gasteiger partial charge in [-0.1, -0.05) is 6.42 Å². The zero-order valence-electron chi connectivity index (χ0n) is 13.8. The maximum absolute atomic E-state index is 13.1. The number of rotatable bonds is 4. The minimum absolute atomic E-state index is 0.0730. The van der Waals surface area contributed by atoms with Crippen LogP contribution in [0.1, 0.15) is 44.9 Å². The van der Waals surface area contributed by atoms with Crippen LogP contribution in [0.4, 0.5) is 4.39 Å². The number of carbonyl (C=O) groups is 1. The van der Waals surface area contributed by atoms with E-state index in [1.807, 2.05) is 6.07 Å². The highest BCUT2D eigenvalue weighted by molar-refractivity contribution is 7.89. The number of sulfonamides is 1. The van der Waals surface area contributed by atoms with Crippen molar-refractivity contribution in [1.29, 1.82) is 0 Å². The molecule has 1 aromatic carbocycles. The number of amides is 1. The Hall–Kier alpha value is -1.77. The number of halogens is 1. The van der Waals surface area contributed by atoms with Crippen LogP contribution in [-0.2, 0) is 22.9 Å². The molecular formula is C17H19FN2O3S2. The summed E-state index contributed by atoms with van der Waals surface area (Å²) in [5.74, 6) is -0.998. The van der Waals surface area contributed by atoms with Crippen LogP contribution in [0.25, 0.3) is 0 Å². The highest BCUT2D eigenvalue weighted by atomic mass is 32.2. The zero-order chi connectivity index (χ0) is 18.0. The molecule has 0 bridgehead atoms. The van der Waals surface area contributed by atoms with Crippen LogP contribution in [0.5, 0.6) is 0 Å². The molecule has 0 aliphatic heterocycles. The molecule has 0 radical (unpaired) electrons. The summed E-state index contributed by atoms with van der Waals surface area (Å²) in [4.78, 5) is 16.0. The molecule has 1 heterocycles. The second-order valence-corrected chi connectivity index (χ2v) is 8.88. The lowest BCUT2D eigenvalue weighted by atomic mass is 10.1. The van der Waals surface area contributed by atoms with Gasteiger partial charge in [0.05, 0.1) is 9.77 Å². The van der Waals surface area contributed by atoms with Gasteiger partial charge in [-0.3, -0.25) is 10.2 Å². The molecule has 1 aliphatic rings. The van der Waals surface area contributed by atoms with Crippen molar-refractivity contribution in [3.8, 4) is 0 Å². The van der Waals surface area contributed by atoms with E-state index in [4.69, 9.17) is 0 Å². The minimum Gasteiger partial charge on any atom is -0.273 e. The molecule has 8 heteroatoms. The van der Waals surface area contributed by atoms with Gasteiger partial charge in [-0.05, 0) is 68.0 Å². The number of carbonyl (C=O) groups excluding carboxylic acids is 1. The van der Waals surface area contributed by atoms with Crippen LogP contribution in [0.3, 0.4) is 0 Å². The lowest BCUT2D eigenvalue weighted by molar-refractivity contribution is 0.0949. The zero-order valence-corrected chi connectivity index (χ0v) is 15.4. The van der Waals surface area contributed by atoms with Crippen LogP contribution in [0, 0.1) is 12.7 Å². The maximum atomic E-state index is 13.1. The Morgan fingerprint density at radius 1 is 1.16 bits per heavy atom. The van der Waals surface area contributed by atoms with E-state index < -0.39 is 21.7 Å². The fourth-order valence-corrected chi connectivity index (χ4v) is 5.14. The fourth-order valence-electron chi connectivity index (χ4n) is 2.92. The number of hydrogen-bond donors (Lipinski definition) is 2. The number of fused-ring (bicyclic) bond motifs is 1. The molecule has 0 saturated carbocycles. The van der Waals surface area contributed by atoms with Crippen molar-refractivity contribution < 1.29 is 17.6 Å². The van der Waals surface area contributed by atoms with Crippen LogP contribution < -0.4 is 10.3 Å². The summed E-state index contributed by atoms with van der Waals surface area (Å²) in [5.41, 5.74) is 3.70. The molecule has 0 unspecified atom stereocenters. The van der Waals surface area contributed by atoms with Crippen LogP contribution in [0.2, 0.25) is 0 Å². The summed E-state index contributed by atoms with van der Waals surface area (Å²) < 4.78 is 37.7. The molecule has 0 spiro atoms. The first kappa shape index (κ1) is 18.0. The Kier molecular flexibility index (Phi) is 5.21. The lowest BCUT2D eigenvalue weighted by Crippen LogP contribution is -2.41. The molecule has 1 aliphatic carbocycles. The predicted molar refractivity (Wildman–Crippen MR) is 94.5 cm³/mol. The van der Waals surface area contributed by atoms with Gasteiger partial charge in [-0.15, -0.1) is 16.2 Å². The minimum atomic E-state index is -3.96. The summed E-state index contributed by atoms with van der Waals surface area (Å²) in [6.07, 6.45) is 5.35. The molecule has 25 heavy (non-hydrogen) atoms. The van der Waals surface area contributed by atoms with E-state index in [0.29, 0.717) is 4.88 Å². The van der Waals surface area contributed by atoms with E-state index in [1.165, 1.54) is 41.2 Å². The van der Waals surface area contributed by atoms with Gasteiger partial charge >= 0.3 is 0 Å². The van der Waals surface area contributed by atoms with E-state index in [2.05, 4.69) is 10.3 Å². The highest BCUT2D eigenvalue weighted by Crippen LogP contribution is 2.28. The number of benzene rings is 1. The van der Waals surface area contributed by atoms with Gasteiger partial charge in [0.2, 0.25) is 0 Å². The van der Waals surface area contributed by atoms with E-state index in [-0.39, 0.29) is 10.5 Å². The first-order valence-corrected chi connectivity index (χ1v) is 10.4. The third-order valence-electron chi connectivity index (χ3n) is 4.20. The number of hydrogen-bond acceptors (Lipinski definition) is 4. The van der Waals surface area contributed by atoms with Gasteiger partial charge in [0.25, 0.3) is 15.9 Å². The predicted octanol–water partition coefficient (Wildman–Crippen LogP) is 3.09. The molecule has 0 atom stereocenters. The average Bonchev–Trinajstić information content (AvgIpc) is 2.83. The molecule has 134 valence electrons. The third kappa shape index (κ3) is 4.08. The van der Waals surface area contributed by atoms with Crippen molar-refractivity contribution >= 4 is 27.3 Å². The quantitative estimate of drug-likeness (QED) is 0.630. The Morgan fingerprint density at radius 3 is 2.68 bits per heavy atom. The van der Waals surface area contributed by atoms with E-state index >= 15 is 0 Å². The molecule has 0 saturated heterocycles. The summed E-state index contributed by atoms with van der Waals surface area (Å²) in [7, 11) is -3.96. The standard InChI is InChI=1S/C17H19FN2O3S2/c1-11-9-13(18)7-8-16(11)25(22,23)20-19-17(21)15-10-12-5-3-2-4-6-14(12)24-15/h7-10,20H,2-6H2,1H3,(H,19,21). The monoisotopic (exact) mass is 382 g/mol. The van der Waals surface area contributed by atoms with E-state index in [0.717, 1.165) is 37.8 Å². The van der Waals surface area contributed by atoms with Crippen molar-refractivity contribution in [1.82, 2.24) is 10.3 Å². The van der Waals surface area contributed by atoms with Crippen molar-refractivity contribution in [2.24, 2.45) is 0 Å². The summed E-state index contributed by atoms with van der Waals surface area (Å²) in [6.45, 7) is 1.50. The second-order valence-electron chi connectivity index (χ2n) is 6.09. The van der Waals surface area contributed by atoms with Gasteiger partial charge in [0.15, 0.2) is 0 Å². The first-order valence-electron chi connectivity index (χ1n) is 8.07. The molecular weight excluding hydrogens is 363 g/mol. The number of thiophene rings is 1. The van der Waals surface area contributed by atoms with Crippen LogP contribution >= 0.6 is 11.3 Å². The number of hydrazine groups is 1.